The lowest BCUT2D eigenvalue weighted by atomic mass is 9.81. The molecule has 0 spiro atoms. The largest absolute Gasteiger partial charge is 0.494 e. The van der Waals surface area contributed by atoms with E-state index in [2.05, 4.69) is 0 Å². The van der Waals surface area contributed by atoms with Crippen LogP contribution >= 0.6 is 0 Å². The van der Waals surface area contributed by atoms with Gasteiger partial charge in [0.25, 0.3) is 0 Å². The summed E-state index contributed by atoms with van der Waals surface area (Å²) >= 11 is 0. The maximum atomic E-state index is 11.0. The van der Waals surface area contributed by atoms with Crippen molar-refractivity contribution in [3.63, 3.8) is 0 Å². The van der Waals surface area contributed by atoms with Crippen molar-refractivity contribution in [2.45, 2.75) is 39.7 Å². The smallest absolute Gasteiger partial charge is 0.217 e. The third-order valence-electron chi connectivity index (χ3n) is 3.04. The van der Waals surface area contributed by atoms with Crippen LogP contribution in [0.5, 0.6) is 5.75 Å². The highest BCUT2D eigenvalue weighted by Crippen LogP contribution is 2.31. The Morgan fingerprint density at radius 3 is 2.37 bits per heavy atom. The molecule has 0 aliphatic rings. The Morgan fingerprint density at radius 2 is 1.89 bits per heavy atom. The first-order valence-electron chi connectivity index (χ1n) is 6.60. The predicted octanol–water partition coefficient (Wildman–Crippen LogP) is 2.38. The first-order chi connectivity index (χ1) is 8.84. The molecular formula is C15H24N2O2. The van der Waals surface area contributed by atoms with E-state index >= 15 is 0 Å². The van der Waals surface area contributed by atoms with Gasteiger partial charge in [-0.3, -0.25) is 4.79 Å². The summed E-state index contributed by atoms with van der Waals surface area (Å²) in [7, 11) is 0. The summed E-state index contributed by atoms with van der Waals surface area (Å²) in [6, 6.07) is 7.66. The molecule has 0 radical (unpaired) electrons. The zero-order valence-electron chi connectivity index (χ0n) is 12.0. The van der Waals surface area contributed by atoms with Gasteiger partial charge in [0.15, 0.2) is 0 Å². The molecule has 0 heterocycles. The molecule has 1 rings (SSSR count). The van der Waals surface area contributed by atoms with Crippen LogP contribution in [0.1, 0.15) is 45.2 Å². The highest BCUT2D eigenvalue weighted by Gasteiger charge is 2.24. The Kier molecular flexibility index (Phi) is 5.36. The molecule has 1 aromatic rings. The van der Waals surface area contributed by atoms with E-state index in [1.54, 1.807) is 0 Å². The quantitative estimate of drug-likeness (QED) is 0.793. The lowest BCUT2D eigenvalue weighted by Crippen LogP contribution is -2.27. The van der Waals surface area contributed by atoms with E-state index in [0.717, 1.165) is 11.3 Å². The fourth-order valence-corrected chi connectivity index (χ4v) is 2.23. The lowest BCUT2D eigenvalue weighted by Gasteiger charge is -2.27. The molecule has 0 fully saturated rings. The van der Waals surface area contributed by atoms with Crippen LogP contribution in [-0.2, 0) is 4.79 Å². The minimum atomic E-state index is -0.288. The lowest BCUT2D eigenvalue weighted by molar-refractivity contribution is -0.120. The number of nitrogens with two attached hydrogens (primary N) is 2. The Hall–Kier alpha value is -1.55. The molecule has 4 nitrogen and oxygen atoms in total. The molecule has 1 amide bonds. The third-order valence-corrected chi connectivity index (χ3v) is 3.04. The normalized spacial score (nSPS) is 13.1. The van der Waals surface area contributed by atoms with Crippen molar-refractivity contribution in [2.24, 2.45) is 16.9 Å². The topological polar surface area (TPSA) is 78.3 Å². The molecule has 0 aliphatic heterocycles. The van der Waals surface area contributed by atoms with Gasteiger partial charge in [0.05, 0.1) is 6.61 Å². The third kappa shape index (κ3) is 5.30. The number of primary amides is 1. The molecule has 4 heteroatoms. The molecule has 1 aromatic carbocycles. The van der Waals surface area contributed by atoms with Crippen LogP contribution in [0.25, 0.3) is 0 Å². The van der Waals surface area contributed by atoms with Gasteiger partial charge in [0, 0.05) is 12.5 Å². The molecule has 106 valence electrons. The fourth-order valence-electron chi connectivity index (χ4n) is 2.23. The predicted molar refractivity (Wildman–Crippen MR) is 76.7 cm³/mol. The standard InChI is InChI=1S/C15H24N2O2/c1-4-19-12-7-5-11(6-8-12)13(16)9-15(2,3)10-14(17)18/h5-8,13H,4,9-10,16H2,1-3H3,(H2,17,18). The van der Waals surface area contributed by atoms with Gasteiger partial charge < -0.3 is 16.2 Å². The second-order valence-electron chi connectivity index (χ2n) is 5.62. The molecule has 0 aromatic heterocycles. The first-order valence-corrected chi connectivity index (χ1v) is 6.60. The van der Waals surface area contributed by atoms with Gasteiger partial charge in [-0.15, -0.1) is 0 Å². The van der Waals surface area contributed by atoms with E-state index in [0.29, 0.717) is 19.4 Å². The summed E-state index contributed by atoms with van der Waals surface area (Å²) in [5.41, 5.74) is 12.3. The molecule has 0 aliphatic carbocycles. The Balaban J connectivity index is 2.66. The number of amides is 1. The Morgan fingerprint density at radius 1 is 1.32 bits per heavy atom. The molecule has 0 saturated heterocycles. The van der Waals surface area contributed by atoms with E-state index in [4.69, 9.17) is 16.2 Å². The van der Waals surface area contributed by atoms with Crippen LogP contribution in [0.15, 0.2) is 24.3 Å². The van der Waals surface area contributed by atoms with Gasteiger partial charge in [-0.1, -0.05) is 26.0 Å². The molecule has 19 heavy (non-hydrogen) atoms. The average molecular weight is 264 g/mol. The van der Waals surface area contributed by atoms with E-state index in [1.807, 2.05) is 45.0 Å². The molecule has 1 unspecified atom stereocenters. The minimum absolute atomic E-state index is 0.106. The van der Waals surface area contributed by atoms with Crippen molar-refractivity contribution in [1.82, 2.24) is 0 Å². The number of carbonyl (C=O) groups excluding carboxylic acids is 1. The maximum Gasteiger partial charge on any atom is 0.217 e. The summed E-state index contributed by atoms with van der Waals surface area (Å²) in [5, 5.41) is 0. The van der Waals surface area contributed by atoms with Gasteiger partial charge >= 0.3 is 0 Å². The number of benzene rings is 1. The molecule has 0 bridgehead atoms. The van der Waals surface area contributed by atoms with Crippen LogP contribution < -0.4 is 16.2 Å². The van der Waals surface area contributed by atoms with Gasteiger partial charge in [0.2, 0.25) is 5.91 Å². The van der Waals surface area contributed by atoms with Crippen molar-refractivity contribution in [2.75, 3.05) is 6.61 Å². The molecule has 0 saturated carbocycles. The Bertz CT molecular complexity index is 413. The number of ether oxygens (including phenoxy) is 1. The van der Waals surface area contributed by atoms with Crippen LogP contribution in [0.2, 0.25) is 0 Å². The number of hydrogen-bond donors (Lipinski definition) is 2. The van der Waals surface area contributed by atoms with Gasteiger partial charge in [-0.25, -0.2) is 0 Å². The van der Waals surface area contributed by atoms with Gasteiger partial charge in [-0.05, 0) is 36.5 Å². The van der Waals surface area contributed by atoms with Crippen LogP contribution in [0.4, 0.5) is 0 Å². The van der Waals surface area contributed by atoms with Crippen LogP contribution in [-0.4, -0.2) is 12.5 Å². The summed E-state index contributed by atoms with van der Waals surface area (Å²) in [6.07, 6.45) is 1.06. The highest BCUT2D eigenvalue weighted by atomic mass is 16.5. The number of rotatable bonds is 7. The molecule has 4 N–H and O–H groups in total. The number of hydrogen-bond acceptors (Lipinski definition) is 3. The van der Waals surface area contributed by atoms with E-state index in [1.165, 1.54) is 0 Å². The van der Waals surface area contributed by atoms with Crippen LogP contribution in [0.3, 0.4) is 0 Å². The second-order valence-corrected chi connectivity index (χ2v) is 5.62. The van der Waals surface area contributed by atoms with E-state index < -0.39 is 0 Å². The second kappa shape index (κ2) is 6.57. The minimum Gasteiger partial charge on any atom is -0.494 e. The molecule has 1 atom stereocenters. The number of carbonyl (C=O) groups is 1. The van der Waals surface area contributed by atoms with Crippen LogP contribution in [0, 0.1) is 5.41 Å². The summed E-state index contributed by atoms with van der Waals surface area (Å²) in [4.78, 5) is 11.0. The monoisotopic (exact) mass is 264 g/mol. The van der Waals surface area contributed by atoms with Crippen molar-refractivity contribution in [3.8, 4) is 5.75 Å². The molecular weight excluding hydrogens is 240 g/mol. The van der Waals surface area contributed by atoms with Crippen molar-refractivity contribution >= 4 is 5.91 Å². The summed E-state index contributed by atoms with van der Waals surface area (Å²) in [6.45, 7) is 6.61. The Labute approximate surface area is 115 Å². The zero-order chi connectivity index (χ0) is 14.5. The van der Waals surface area contributed by atoms with Gasteiger partial charge in [0.1, 0.15) is 5.75 Å². The van der Waals surface area contributed by atoms with Crippen molar-refractivity contribution in [3.05, 3.63) is 29.8 Å². The fraction of sp³-hybridized carbons (Fsp3) is 0.533. The summed E-state index contributed by atoms with van der Waals surface area (Å²) < 4.78 is 5.39. The summed E-state index contributed by atoms with van der Waals surface area (Å²) in [5.74, 6) is 0.554. The maximum absolute atomic E-state index is 11.0. The van der Waals surface area contributed by atoms with Crippen molar-refractivity contribution < 1.29 is 9.53 Å². The highest BCUT2D eigenvalue weighted by molar-refractivity contribution is 5.74. The average Bonchev–Trinajstić information content (AvgIpc) is 2.27. The van der Waals surface area contributed by atoms with Gasteiger partial charge in [-0.2, -0.15) is 0 Å². The first kappa shape index (κ1) is 15.5. The SMILES string of the molecule is CCOc1ccc(C(N)CC(C)(C)CC(N)=O)cc1. The van der Waals surface area contributed by atoms with E-state index in [9.17, 15) is 4.79 Å². The van der Waals surface area contributed by atoms with Crippen molar-refractivity contribution in [1.29, 1.82) is 0 Å². The van der Waals surface area contributed by atoms with E-state index in [-0.39, 0.29) is 17.4 Å². The zero-order valence-corrected chi connectivity index (χ0v) is 12.0.